The standard InChI is InChI=1S/C9H15ClN2OS/c1-9(2,3)12-4-6(13)8-11-5-7(10)14-8/h5-6,12-13H,4H2,1-3H3. The first-order valence-electron chi connectivity index (χ1n) is 4.43. The van der Waals surface area contributed by atoms with Crippen molar-refractivity contribution >= 4 is 22.9 Å². The molecular formula is C9H15ClN2OS. The molecule has 0 spiro atoms. The Balaban J connectivity index is 2.47. The van der Waals surface area contributed by atoms with Gasteiger partial charge in [-0.1, -0.05) is 11.6 Å². The average Bonchev–Trinajstić information content (AvgIpc) is 2.46. The van der Waals surface area contributed by atoms with Gasteiger partial charge >= 0.3 is 0 Å². The van der Waals surface area contributed by atoms with Gasteiger partial charge < -0.3 is 10.4 Å². The van der Waals surface area contributed by atoms with Gasteiger partial charge in [0.15, 0.2) is 0 Å². The van der Waals surface area contributed by atoms with Crippen molar-refractivity contribution in [3.8, 4) is 0 Å². The second-order valence-electron chi connectivity index (χ2n) is 4.15. The quantitative estimate of drug-likeness (QED) is 0.843. The number of nitrogens with zero attached hydrogens (tertiary/aromatic N) is 1. The first-order chi connectivity index (χ1) is 6.38. The van der Waals surface area contributed by atoms with Crippen molar-refractivity contribution in [2.75, 3.05) is 6.54 Å². The zero-order valence-electron chi connectivity index (χ0n) is 8.54. The second kappa shape index (κ2) is 4.57. The van der Waals surface area contributed by atoms with Crippen LogP contribution < -0.4 is 5.32 Å². The molecule has 5 heteroatoms. The number of aliphatic hydroxyl groups excluding tert-OH is 1. The molecule has 2 N–H and O–H groups in total. The Morgan fingerprint density at radius 2 is 2.29 bits per heavy atom. The molecular weight excluding hydrogens is 220 g/mol. The summed E-state index contributed by atoms with van der Waals surface area (Å²) in [7, 11) is 0. The highest BCUT2D eigenvalue weighted by Gasteiger charge is 2.15. The molecule has 1 heterocycles. The molecule has 0 aliphatic carbocycles. The Hall–Kier alpha value is -0.160. The van der Waals surface area contributed by atoms with Gasteiger partial charge in [0.25, 0.3) is 0 Å². The van der Waals surface area contributed by atoms with Crippen molar-refractivity contribution in [1.29, 1.82) is 0 Å². The van der Waals surface area contributed by atoms with Gasteiger partial charge in [-0.15, -0.1) is 11.3 Å². The van der Waals surface area contributed by atoms with Crippen LogP contribution in [-0.2, 0) is 0 Å². The van der Waals surface area contributed by atoms with Gasteiger partial charge in [-0.25, -0.2) is 4.98 Å². The second-order valence-corrected chi connectivity index (χ2v) is 5.84. The Labute approximate surface area is 93.1 Å². The third-order valence-electron chi connectivity index (χ3n) is 1.61. The molecule has 1 rings (SSSR count). The van der Waals surface area contributed by atoms with E-state index in [4.69, 9.17) is 11.6 Å². The van der Waals surface area contributed by atoms with E-state index in [-0.39, 0.29) is 5.54 Å². The monoisotopic (exact) mass is 234 g/mol. The summed E-state index contributed by atoms with van der Waals surface area (Å²) in [5.41, 5.74) is 0.00202. The highest BCUT2D eigenvalue weighted by molar-refractivity contribution is 7.15. The maximum absolute atomic E-state index is 9.72. The smallest absolute Gasteiger partial charge is 0.124 e. The van der Waals surface area contributed by atoms with Crippen LogP contribution in [0.3, 0.4) is 0 Å². The van der Waals surface area contributed by atoms with Crippen LogP contribution in [0.5, 0.6) is 0 Å². The van der Waals surface area contributed by atoms with E-state index in [1.807, 2.05) is 0 Å². The van der Waals surface area contributed by atoms with E-state index in [1.54, 1.807) is 6.20 Å². The van der Waals surface area contributed by atoms with Crippen LogP contribution in [-0.4, -0.2) is 22.2 Å². The molecule has 0 aliphatic heterocycles. The third kappa shape index (κ3) is 3.92. The summed E-state index contributed by atoms with van der Waals surface area (Å²) in [4.78, 5) is 4.01. The topological polar surface area (TPSA) is 45.1 Å². The zero-order chi connectivity index (χ0) is 10.8. The van der Waals surface area contributed by atoms with E-state index in [0.717, 1.165) is 0 Å². The van der Waals surface area contributed by atoms with Crippen LogP contribution in [0.2, 0.25) is 4.34 Å². The Morgan fingerprint density at radius 3 is 2.71 bits per heavy atom. The van der Waals surface area contributed by atoms with Crippen LogP contribution in [0.25, 0.3) is 0 Å². The van der Waals surface area contributed by atoms with Gasteiger partial charge in [0, 0.05) is 12.1 Å². The number of thiazole rings is 1. The highest BCUT2D eigenvalue weighted by Crippen LogP contribution is 2.23. The van der Waals surface area contributed by atoms with Crippen molar-refractivity contribution in [2.45, 2.75) is 32.4 Å². The molecule has 3 nitrogen and oxygen atoms in total. The largest absolute Gasteiger partial charge is 0.385 e. The van der Waals surface area contributed by atoms with E-state index >= 15 is 0 Å². The molecule has 1 atom stereocenters. The van der Waals surface area contributed by atoms with E-state index in [1.165, 1.54) is 11.3 Å². The number of β-amino-alcohol motifs (C(OH)–C–C–N with tert-alkyl or cyclic N) is 1. The van der Waals surface area contributed by atoms with Crippen molar-refractivity contribution in [3.63, 3.8) is 0 Å². The normalized spacial score (nSPS) is 14.4. The lowest BCUT2D eigenvalue weighted by Crippen LogP contribution is -2.38. The average molecular weight is 235 g/mol. The number of nitrogens with one attached hydrogen (secondary N) is 1. The number of aromatic nitrogens is 1. The zero-order valence-corrected chi connectivity index (χ0v) is 10.1. The highest BCUT2D eigenvalue weighted by atomic mass is 35.5. The van der Waals surface area contributed by atoms with Crippen LogP contribution >= 0.6 is 22.9 Å². The first-order valence-corrected chi connectivity index (χ1v) is 5.62. The van der Waals surface area contributed by atoms with Gasteiger partial charge in [-0.3, -0.25) is 0 Å². The lowest BCUT2D eigenvalue weighted by Gasteiger charge is -2.22. The summed E-state index contributed by atoms with van der Waals surface area (Å²) >= 11 is 7.03. The Bertz CT molecular complexity index is 295. The predicted octanol–water partition coefficient (Wildman–Crippen LogP) is 2.22. The van der Waals surface area contributed by atoms with Crippen LogP contribution in [0.4, 0.5) is 0 Å². The fourth-order valence-electron chi connectivity index (χ4n) is 0.911. The van der Waals surface area contributed by atoms with Crippen molar-refractivity contribution in [1.82, 2.24) is 10.3 Å². The molecule has 0 aliphatic rings. The van der Waals surface area contributed by atoms with E-state index < -0.39 is 6.10 Å². The van der Waals surface area contributed by atoms with E-state index in [2.05, 4.69) is 31.1 Å². The van der Waals surface area contributed by atoms with Crippen LogP contribution in [0, 0.1) is 0 Å². The van der Waals surface area contributed by atoms with Crippen LogP contribution in [0.15, 0.2) is 6.20 Å². The maximum Gasteiger partial charge on any atom is 0.124 e. The molecule has 0 fully saturated rings. The van der Waals surface area contributed by atoms with Gasteiger partial charge in [-0.2, -0.15) is 0 Å². The summed E-state index contributed by atoms with van der Waals surface area (Å²) in [5, 5.41) is 13.6. The van der Waals surface area contributed by atoms with Gasteiger partial charge in [0.2, 0.25) is 0 Å². The van der Waals surface area contributed by atoms with E-state index in [0.29, 0.717) is 15.9 Å². The number of hydrogen-bond donors (Lipinski definition) is 2. The van der Waals surface area contributed by atoms with Crippen LogP contribution in [0.1, 0.15) is 31.9 Å². The number of aliphatic hydroxyl groups is 1. The molecule has 0 saturated heterocycles. The molecule has 0 amide bonds. The summed E-state index contributed by atoms with van der Waals surface area (Å²) in [6.07, 6.45) is 0.980. The lowest BCUT2D eigenvalue weighted by molar-refractivity contribution is 0.163. The molecule has 0 saturated carbocycles. The molecule has 0 radical (unpaired) electrons. The number of halogens is 1. The molecule has 14 heavy (non-hydrogen) atoms. The minimum atomic E-state index is -0.577. The van der Waals surface area contributed by atoms with Gasteiger partial charge in [0.1, 0.15) is 15.4 Å². The number of hydrogen-bond acceptors (Lipinski definition) is 4. The molecule has 1 aromatic rings. The summed E-state index contributed by atoms with van der Waals surface area (Å²) in [6.45, 7) is 6.64. The Morgan fingerprint density at radius 1 is 1.64 bits per heavy atom. The Kier molecular flexibility index (Phi) is 3.89. The SMILES string of the molecule is CC(C)(C)NCC(O)c1ncc(Cl)s1. The van der Waals surface area contributed by atoms with E-state index in [9.17, 15) is 5.11 Å². The molecule has 1 unspecified atom stereocenters. The molecule has 0 bridgehead atoms. The van der Waals surface area contributed by atoms with Crippen molar-refractivity contribution < 1.29 is 5.11 Å². The first kappa shape index (κ1) is 11.9. The molecule has 80 valence electrons. The summed E-state index contributed by atoms with van der Waals surface area (Å²) in [5.74, 6) is 0. The minimum Gasteiger partial charge on any atom is -0.385 e. The van der Waals surface area contributed by atoms with Crippen molar-refractivity contribution in [3.05, 3.63) is 15.5 Å². The fraction of sp³-hybridized carbons (Fsp3) is 0.667. The predicted molar refractivity (Wildman–Crippen MR) is 59.8 cm³/mol. The number of rotatable bonds is 3. The molecule has 0 aromatic carbocycles. The molecule has 1 aromatic heterocycles. The van der Waals surface area contributed by atoms with Gasteiger partial charge in [-0.05, 0) is 20.8 Å². The third-order valence-corrected chi connectivity index (χ3v) is 2.82. The van der Waals surface area contributed by atoms with Gasteiger partial charge in [0.05, 0.1) is 6.20 Å². The lowest BCUT2D eigenvalue weighted by atomic mass is 10.1. The fourth-order valence-corrected chi connectivity index (χ4v) is 1.83. The summed E-state index contributed by atoms with van der Waals surface area (Å²) in [6, 6.07) is 0. The maximum atomic E-state index is 9.72. The summed E-state index contributed by atoms with van der Waals surface area (Å²) < 4.78 is 0.606. The van der Waals surface area contributed by atoms with Crippen molar-refractivity contribution in [2.24, 2.45) is 0 Å². The minimum absolute atomic E-state index is 0.00202.